The van der Waals surface area contributed by atoms with Crippen LogP contribution in [0.4, 0.5) is 18.9 Å². The van der Waals surface area contributed by atoms with Gasteiger partial charge >= 0.3 is 0 Å². The Morgan fingerprint density at radius 2 is 1.96 bits per heavy atom. The van der Waals surface area contributed by atoms with E-state index in [1.54, 1.807) is 13.0 Å². The molecular formula is C18H12BrF3N2O3. The fourth-order valence-corrected chi connectivity index (χ4v) is 2.59. The maximum absolute atomic E-state index is 13.9. The van der Waals surface area contributed by atoms with Gasteiger partial charge in [-0.05, 0) is 37.3 Å². The molecule has 0 bridgehead atoms. The minimum Gasteiger partial charge on any atom is -0.486 e. The molecule has 140 valence electrons. The summed E-state index contributed by atoms with van der Waals surface area (Å²) in [6.07, 6.45) is 0. The van der Waals surface area contributed by atoms with Crippen LogP contribution < -0.4 is 10.1 Å². The fraction of sp³-hybridized carbons (Fsp3) is 0.111. The van der Waals surface area contributed by atoms with Crippen LogP contribution >= 0.6 is 15.9 Å². The number of anilines is 1. The molecule has 3 rings (SSSR count). The molecule has 1 N–H and O–H groups in total. The molecule has 3 aromatic rings. The van der Waals surface area contributed by atoms with Crippen molar-refractivity contribution < 1.29 is 27.2 Å². The van der Waals surface area contributed by atoms with Gasteiger partial charge in [0.2, 0.25) is 0 Å². The molecule has 0 aliphatic heterocycles. The highest BCUT2D eigenvalue weighted by atomic mass is 79.9. The highest BCUT2D eigenvalue weighted by Gasteiger charge is 2.22. The van der Waals surface area contributed by atoms with E-state index in [-0.39, 0.29) is 35.1 Å². The Morgan fingerprint density at radius 1 is 1.19 bits per heavy atom. The van der Waals surface area contributed by atoms with Crippen LogP contribution in [0.1, 0.15) is 21.8 Å². The third kappa shape index (κ3) is 4.30. The second-order valence-corrected chi connectivity index (χ2v) is 6.42. The first-order valence-electron chi connectivity index (χ1n) is 7.64. The van der Waals surface area contributed by atoms with Gasteiger partial charge in [-0.15, -0.1) is 0 Å². The molecule has 1 amide bonds. The minimum atomic E-state index is -0.882. The molecule has 1 aromatic heterocycles. The summed E-state index contributed by atoms with van der Waals surface area (Å²) in [5.74, 6) is -2.89. The lowest BCUT2D eigenvalue weighted by molar-refractivity contribution is 0.101. The number of rotatable bonds is 5. The number of halogens is 4. The lowest BCUT2D eigenvalue weighted by Crippen LogP contribution is -2.16. The SMILES string of the molecule is Cc1onc(C(=O)Nc2ccc(Br)cc2F)c1COc1ccc(F)cc1F. The van der Waals surface area contributed by atoms with Crippen LogP contribution in [0.15, 0.2) is 45.4 Å². The molecule has 0 radical (unpaired) electrons. The standard InChI is InChI=1S/C18H12BrF3N2O3/c1-9-12(8-26-16-5-3-11(20)7-14(16)22)17(24-27-9)18(25)23-15-4-2-10(19)6-13(15)21/h2-7H,8H2,1H3,(H,23,25). The monoisotopic (exact) mass is 440 g/mol. The first-order valence-corrected chi connectivity index (χ1v) is 8.44. The van der Waals surface area contributed by atoms with Crippen molar-refractivity contribution >= 4 is 27.5 Å². The van der Waals surface area contributed by atoms with Crippen LogP contribution in [0.25, 0.3) is 0 Å². The number of hydrogen-bond acceptors (Lipinski definition) is 4. The maximum Gasteiger partial charge on any atom is 0.278 e. The zero-order valence-electron chi connectivity index (χ0n) is 13.9. The van der Waals surface area contributed by atoms with Crippen molar-refractivity contribution in [2.45, 2.75) is 13.5 Å². The molecule has 0 aliphatic rings. The smallest absolute Gasteiger partial charge is 0.278 e. The molecule has 0 spiro atoms. The van der Waals surface area contributed by atoms with E-state index in [1.165, 1.54) is 12.1 Å². The zero-order valence-corrected chi connectivity index (χ0v) is 15.4. The van der Waals surface area contributed by atoms with E-state index in [0.717, 1.165) is 12.1 Å². The quantitative estimate of drug-likeness (QED) is 0.606. The Kier molecular flexibility index (Phi) is 5.50. The predicted molar refractivity (Wildman–Crippen MR) is 94.0 cm³/mol. The summed E-state index contributed by atoms with van der Waals surface area (Å²) in [6.45, 7) is 1.30. The highest BCUT2D eigenvalue weighted by Crippen LogP contribution is 2.23. The lowest BCUT2D eigenvalue weighted by atomic mass is 10.2. The van der Waals surface area contributed by atoms with E-state index < -0.39 is 23.4 Å². The number of aryl methyl sites for hydroxylation is 1. The number of amides is 1. The van der Waals surface area contributed by atoms with Gasteiger partial charge in [0, 0.05) is 10.5 Å². The van der Waals surface area contributed by atoms with Gasteiger partial charge in [-0.2, -0.15) is 0 Å². The summed E-state index contributed by atoms with van der Waals surface area (Å²) >= 11 is 3.12. The summed E-state index contributed by atoms with van der Waals surface area (Å²) in [7, 11) is 0. The normalized spacial score (nSPS) is 10.7. The molecule has 2 aromatic carbocycles. The van der Waals surface area contributed by atoms with Gasteiger partial charge in [-0.3, -0.25) is 4.79 Å². The Morgan fingerprint density at radius 3 is 2.67 bits per heavy atom. The third-order valence-electron chi connectivity index (χ3n) is 3.65. The first-order chi connectivity index (χ1) is 12.8. The number of carbonyl (C=O) groups excluding carboxylic acids is 1. The van der Waals surface area contributed by atoms with Gasteiger partial charge in [0.1, 0.15) is 24.0 Å². The van der Waals surface area contributed by atoms with E-state index >= 15 is 0 Å². The molecule has 0 saturated heterocycles. The second kappa shape index (κ2) is 7.83. The number of nitrogens with one attached hydrogen (secondary N) is 1. The highest BCUT2D eigenvalue weighted by molar-refractivity contribution is 9.10. The van der Waals surface area contributed by atoms with E-state index in [0.29, 0.717) is 10.5 Å². The summed E-state index contributed by atoms with van der Waals surface area (Å²) < 4.78 is 51.3. The zero-order chi connectivity index (χ0) is 19.6. The molecule has 27 heavy (non-hydrogen) atoms. The number of nitrogens with zero attached hydrogens (tertiary/aromatic N) is 1. The molecule has 0 aliphatic carbocycles. The van der Waals surface area contributed by atoms with E-state index in [1.807, 2.05) is 0 Å². The molecule has 0 atom stereocenters. The maximum atomic E-state index is 13.9. The van der Waals surface area contributed by atoms with Crippen molar-refractivity contribution in [1.82, 2.24) is 5.16 Å². The minimum absolute atomic E-state index is 0.0414. The second-order valence-electron chi connectivity index (χ2n) is 5.51. The number of aromatic nitrogens is 1. The number of ether oxygens (including phenoxy) is 1. The largest absolute Gasteiger partial charge is 0.486 e. The predicted octanol–water partition coefficient (Wildman–Crippen LogP) is 4.99. The molecule has 0 unspecified atom stereocenters. The Labute approximate surface area is 160 Å². The summed E-state index contributed by atoms with van der Waals surface area (Å²) in [5, 5.41) is 6.04. The van der Waals surface area contributed by atoms with Crippen LogP contribution in [-0.2, 0) is 6.61 Å². The fourth-order valence-electron chi connectivity index (χ4n) is 2.25. The lowest BCUT2D eigenvalue weighted by Gasteiger charge is -2.09. The average molecular weight is 441 g/mol. The van der Waals surface area contributed by atoms with Crippen molar-refractivity contribution in [3.05, 3.63) is 75.3 Å². The number of carbonyl (C=O) groups is 1. The van der Waals surface area contributed by atoms with Crippen LogP contribution in [0, 0.1) is 24.4 Å². The third-order valence-corrected chi connectivity index (χ3v) is 4.14. The molecule has 5 nitrogen and oxygen atoms in total. The number of benzene rings is 2. The number of hydrogen-bond donors (Lipinski definition) is 1. The van der Waals surface area contributed by atoms with Crippen LogP contribution in [0.2, 0.25) is 0 Å². The molecule has 1 heterocycles. The van der Waals surface area contributed by atoms with E-state index in [2.05, 4.69) is 26.4 Å². The van der Waals surface area contributed by atoms with E-state index in [9.17, 15) is 18.0 Å². The Bertz CT molecular complexity index is 1010. The Balaban J connectivity index is 1.78. The van der Waals surface area contributed by atoms with Crippen LogP contribution in [0.5, 0.6) is 5.75 Å². The van der Waals surface area contributed by atoms with Crippen LogP contribution in [0.3, 0.4) is 0 Å². The van der Waals surface area contributed by atoms with Crippen molar-refractivity contribution in [1.29, 1.82) is 0 Å². The Hall–Kier alpha value is -2.81. The summed E-state index contributed by atoms with van der Waals surface area (Å²) in [6, 6.07) is 7.00. The van der Waals surface area contributed by atoms with Gasteiger partial charge < -0.3 is 14.6 Å². The van der Waals surface area contributed by atoms with Gasteiger partial charge in [-0.25, -0.2) is 13.2 Å². The summed E-state index contributed by atoms with van der Waals surface area (Å²) in [4.78, 5) is 12.4. The van der Waals surface area contributed by atoms with Gasteiger partial charge in [0.05, 0.1) is 11.3 Å². The molecule has 9 heteroatoms. The van der Waals surface area contributed by atoms with Gasteiger partial charge in [-0.1, -0.05) is 21.1 Å². The molecule has 0 saturated carbocycles. The molecule has 0 fully saturated rings. The summed E-state index contributed by atoms with van der Waals surface area (Å²) in [5.41, 5.74) is 0.0892. The van der Waals surface area contributed by atoms with Gasteiger partial charge in [0.15, 0.2) is 17.3 Å². The van der Waals surface area contributed by atoms with Crippen molar-refractivity contribution in [3.8, 4) is 5.75 Å². The first kappa shape index (κ1) is 19.0. The van der Waals surface area contributed by atoms with Gasteiger partial charge in [0.25, 0.3) is 5.91 Å². The van der Waals surface area contributed by atoms with E-state index in [4.69, 9.17) is 9.26 Å². The topological polar surface area (TPSA) is 64.4 Å². The molecular weight excluding hydrogens is 429 g/mol. The van der Waals surface area contributed by atoms with Crippen molar-refractivity contribution in [2.75, 3.05) is 5.32 Å². The van der Waals surface area contributed by atoms with Crippen LogP contribution in [-0.4, -0.2) is 11.1 Å². The van der Waals surface area contributed by atoms with Crippen molar-refractivity contribution in [3.63, 3.8) is 0 Å². The van der Waals surface area contributed by atoms with Crippen molar-refractivity contribution in [2.24, 2.45) is 0 Å². The average Bonchev–Trinajstić information content (AvgIpc) is 2.97.